The maximum Gasteiger partial charge on any atom is 0.303 e. The van der Waals surface area contributed by atoms with E-state index < -0.39 is 16.0 Å². The number of rotatable bonds is 5. The molecule has 0 aliphatic carbocycles. The number of hydrogen-bond acceptors (Lipinski definition) is 5. The molecule has 1 aliphatic rings. The quantitative estimate of drug-likeness (QED) is 0.890. The summed E-state index contributed by atoms with van der Waals surface area (Å²) in [4.78, 5) is 14.8. The fourth-order valence-corrected chi connectivity index (χ4v) is 5.49. The van der Waals surface area contributed by atoms with Crippen LogP contribution in [0, 0.1) is 18.8 Å². The van der Waals surface area contributed by atoms with Crippen molar-refractivity contribution in [2.24, 2.45) is 11.8 Å². The minimum Gasteiger partial charge on any atom is -0.481 e. The standard InChI is InChI=1S/C13H20N2O4S2/c1-9(6-12(16)17)11-4-3-5-15(8-11)21(18,19)13-7-14-10(2)20-13/h7,9,11H,3-6,8H2,1-2H3,(H,16,17). The van der Waals surface area contributed by atoms with E-state index in [2.05, 4.69) is 4.98 Å². The molecule has 8 heteroatoms. The maximum absolute atomic E-state index is 12.6. The van der Waals surface area contributed by atoms with Crippen LogP contribution < -0.4 is 0 Å². The highest BCUT2D eigenvalue weighted by molar-refractivity contribution is 7.91. The zero-order chi connectivity index (χ0) is 15.6. The molecule has 118 valence electrons. The topological polar surface area (TPSA) is 87.6 Å². The van der Waals surface area contributed by atoms with Crippen molar-refractivity contribution < 1.29 is 18.3 Å². The van der Waals surface area contributed by atoms with Gasteiger partial charge in [0.1, 0.15) is 0 Å². The number of aromatic nitrogens is 1. The van der Waals surface area contributed by atoms with Crippen LogP contribution in [-0.4, -0.2) is 41.9 Å². The summed E-state index contributed by atoms with van der Waals surface area (Å²) >= 11 is 1.17. The summed E-state index contributed by atoms with van der Waals surface area (Å²) in [7, 11) is -3.49. The Bertz CT molecular complexity index is 611. The summed E-state index contributed by atoms with van der Waals surface area (Å²) in [6.45, 7) is 4.55. The molecule has 6 nitrogen and oxygen atoms in total. The molecule has 2 heterocycles. The number of carbonyl (C=O) groups is 1. The van der Waals surface area contributed by atoms with Gasteiger partial charge in [-0.1, -0.05) is 6.92 Å². The minimum absolute atomic E-state index is 0.0244. The van der Waals surface area contributed by atoms with Crippen molar-refractivity contribution in [3.63, 3.8) is 0 Å². The van der Waals surface area contributed by atoms with Gasteiger partial charge in [-0.3, -0.25) is 4.79 Å². The number of hydrogen-bond donors (Lipinski definition) is 1. The number of piperidine rings is 1. The summed E-state index contributed by atoms with van der Waals surface area (Å²) in [5.74, 6) is -0.761. The summed E-state index contributed by atoms with van der Waals surface area (Å²) in [5.41, 5.74) is 0. The lowest BCUT2D eigenvalue weighted by Gasteiger charge is -2.34. The Labute approximate surface area is 128 Å². The maximum atomic E-state index is 12.6. The molecule has 0 radical (unpaired) electrons. The summed E-state index contributed by atoms with van der Waals surface area (Å²) in [6.07, 6.45) is 3.13. The van der Waals surface area contributed by atoms with Gasteiger partial charge in [0.05, 0.1) is 11.2 Å². The van der Waals surface area contributed by atoms with Crippen LogP contribution >= 0.6 is 11.3 Å². The van der Waals surface area contributed by atoms with E-state index in [1.54, 1.807) is 6.92 Å². The van der Waals surface area contributed by atoms with E-state index in [-0.39, 0.29) is 22.5 Å². The minimum atomic E-state index is -3.49. The van der Waals surface area contributed by atoms with E-state index in [1.165, 1.54) is 21.8 Å². The van der Waals surface area contributed by atoms with Crippen molar-refractivity contribution >= 4 is 27.3 Å². The number of thiazole rings is 1. The predicted octanol–water partition coefficient (Wildman–Crippen LogP) is 1.96. The summed E-state index contributed by atoms with van der Waals surface area (Å²) < 4.78 is 26.9. The largest absolute Gasteiger partial charge is 0.481 e. The second-order valence-electron chi connectivity index (χ2n) is 5.54. The zero-order valence-electron chi connectivity index (χ0n) is 12.2. The molecule has 0 amide bonds. The third-order valence-electron chi connectivity index (χ3n) is 3.92. The molecular formula is C13H20N2O4S2. The lowest BCUT2D eigenvalue weighted by atomic mass is 9.85. The summed E-state index contributed by atoms with van der Waals surface area (Å²) in [5, 5.41) is 9.61. The first kappa shape index (κ1) is 16.4. The van der Waals surface area contributed by atoms with Gasteiger partial charge < -0.3 is 5.11 Å². The molecule has 21 heavy (non-hydrogen) atoms. The highest BCUT2D eigenvalue weighted by Gasteiger charge is 2.33. The monoisotopic (exact) mass is 332 g/mol. The van der Waals surface area contributed by atoms with E-state index in [9.17, 15) is 13.2 Å². The Kier molecular flexibility index (Phi) is 5.00. The van der Waals surface area contributed by atoms with E-state index in [1.807, 2.05) is 6.92 Å². The molecule has 2 atom stereocenters. The second kappa shape index (κ2) is 6.41. The Morgan fingerprint density at radius 2 is 2.33 bits per heavy atom. The van der Waals surface area contributed by atoms with Crippen LogP contribution in [-0.2, 0) is 14.8 Å². The van der Waals surface area contributed by atoms with Crippen LogP contribution in [0.5, 0.6) is 0 Å². The average Bonchev–Trinajstić information content (AvgIpc) is 2.85. The molecule has 1 aromatic rings. The molecule has 2 rings (SSSR count). The molecule has 1 N–H and O–H groups in total. The van der Waals surface area contributed by atoms with Crippen LogP contribution in [0.1, 0.15) is 31.2 Å². The van der Waals surface area contributed by atoms with Gasteiger partial charge >= 0.3 is 5.97 Å². The van der Waals surface area contributed by atoms with Crippen LogP contribution in [0.3, 0.4) is 0 Å². The number of carboxylic acid groups (broad SMARTS) is 1. The highest BCUT2D eigenvalue weighted by atomic mass is 32.2. The van der Waals surface area contributed by atoms with Gasteiger partial charge in [0, 0.05) is 19.5 Å². The van der Waals surface area contributed by atoms with E-state index in [0.717, 1.165) is 17.8 Å². The van der Waals surface area contributed by atoms with Crippen LogP contribution in [0.2, 0.25) is 0 Å². The molecule has 0 bridgehead atoms. The fraction of sp³-hybridized carbons (Fsp3) is 0.692. The van der Waals surface area contributed by atoms with Gasteiger partial charge in [-0.25, -0.2) is 13.4 Å². The fourth-order valence-electron chi connectivity index (χ4n) is 2.69. The number of sulfonamides is 1. The predicted molar refractivity (Wildman–Crippen MR) is 79.8 cm³/mol. The van der Waals surface area contributed by atoms with Crippen molar-refractivity contribution in [1.82, 2.24) is 9.29 Å². The smallest absolute Gasteiger partial charge is 0.303 e. The first-order valence-corrected chi connectivity index (χ1v) is 9.20. The lowest BCUT2D eigenvalue weighted by molar-refractivity contribution is -0.138. The van der Waals surface area contributed by atoms with Crippen molar-refractivity contribution in [3.8, 4) is 0 Å². The van der Waals surface area contributed by atoms with Gasteiger partial charge in [0.2, 0.25) is 0 Å². The number of nitrogens with zero attached hydrogens (tertiary/aromatic N) is 2. The van der Waals surface area contributed by atoms with Gasteiger partial charge in [-0.05, 0) is 31.6 Å². The first-order chi connectivity index (χ1) is 9.80. The van der Waals surface area contributed by atoms with Crippen LogP contribution in [0.4, 0.5) is 0 Å². The molecule has 0 saturated carbocycles. The number of carboxylic acids is 1. The van der Waals surface area contributed by atoms with E-state index in [4.69, 9.17) is 5.11 Å². The molecule has 1 aromatic heterocycles. The third-order valence-corrected chi connectivity index (χ3v) is 7.13. The molecule has 1 saturated heterocycles. The highest BCUT2D eigenvalue weighted by Crippen LogP contribution is 2.31. The normalized spacial score (nSPS) is 22.1. The van der Waals surface area contributed by atoms with Crippen molar-refractivity contribution in [3.05, 3.63) is 11.2 Å². The molecule has 2 unspecified atom stereocenters. The van der Waals surface area contributed by atoms with Crippen LogP contribution in [0.15, 0.2) is 10.4 Å². The summed E-state index contributed by atoms with van der Waals surface area (Å²) in [6, 6.07) is 0. The van der Waals surface area contributed by atoms with Gasteiger partial charge in [-0.2, -0.15) is 4.31 Å². The second-order valence-corrected chi connectivity index (χ2v) is 8.94. The number of aryl methyl sites for hydroxylation is 1. The zero-order valence-corrected chi connectivity index (χ0v) is 13.8. The van der Waals surface area contributed by atoms with Crippen LogP contribution in [0.25, 0.3) is 0 Å². The lowest BCUT2D eigenvalue weighted by Crippen LogP contribution is -2.41. The van der Waals surface area contributed by atoms with Crippen molar-refractivity contribution in [1.29, 1.82) is 0 Å². The molecule has 1 aliphatic heterocycles. The molecule has 0 aromatic carbocycles. The first-order valence-electron chi connectivity index (χ1n) is 6.95. The van der Waals surface area contributed by atoms with Crippen molar-refractivity contribution in [2.75, 3.05) is 13.1 Å². The average molecular weight is 332 g/mol. The molecular weight excluding hydrogens is 312 g/mol. The van der Waals surface area contributed by atoms with Gasteiger partial charge in [-0.15, -0.1) is 11.3 Å². The number of aliphatic carboxylic acids is 1. The third kappa shape index (κ3) is 3.81. The molecule has 0 spiro atoms. The SMILES string of the molecule is Cc1ncc(S(=O)(=O)N2CCCC(C(C)CC(=O)O)C2)s1. The van der Waals surface area contributed by atoms with E-state index >= 15 is 0 Å². The molecule has 1 fully saturated rings. The van der Waals surface area contributed by atoms with Gasteiger partial charge in [0.15, 0.2) is 4.21 Å². The Morgan fingerprint density at radius 3 is 2.90 bits per heavy atom. The Balaban J connectivity index is 2.12. The Morgan fingerprint density at radius 1 is 1.62 bits per heavy atom. The van der Waals surface area contributed by atoms with Crippen molar-refractivity contribution in [2.45, 2.75) is 37.3 Å². The van der Waals surface area contributed by atoms with E-state index in [0.29, 0.717) is 13.1 Å². The Hall–Kier alpha value is -0.990. The van der Waals surface area contributed by atoms with Gasteiger partial charge in [0.25, 0.3) is 10.0 Å².